The van der Waals surface area contributed by atoms with Gasteiger partial charge in [-0.2, -0.15) is 0 Å². The maximum atomic E-state index is 14.1. The Morgan fingerprint density at radius 3 is 2.60 bits per heavy atom. The van der Waals surface area contributed by atoms with Crippen molar-refractivity contribution in [2.24, 2.45) is 0 Å². The Labute approximate surface area is 145 Å². The topological polar surface area (TPSA) is 95.9 Å². The summed E-state index contributed by atoms with van der Waals surface area (Å²) in [4.78, 5) is 35.7. The van der Waals surface area contributed by atoms with Gasteiger partial charge in [0.05, 0.1) is 7.11 Å². The number of hydrogen-bond donors (Lipinski definition) is 2. The number of amides is 2. The molecule has 0 radical (unpaired) electrons. The second-order valence-corrected chi connectivity index (χ2v) is 5.52. The van der Waals surface area contributed by atoms with Crippen LogP contribution in [0.1, 0.15) is 25.8 Å². The third-order valence-electron chi connectivity index (χ3n) is 3.74. The van der Waals surface area contributed by atoms with Crippen LogP contribution in [0.2, 0.25) is 0 Å². The van der Waals surface area contributed by atoms with Crippen molar-refractivity contribution in [3.63, 3.8) is 0 Å². The fraction of sp³-hybridized carbons (Fsp3) is 0.471. The first-order chi connectivity index (χ1) is 11.8. The molecule has 8 heteroatoms. The van der Waals surface area contributed by atoms with Crippen molar-refractivity contribution in [2.45, 2.75) is 32.7 Å². The number of ether oxygens (including phenoxy) is 1. The van der Waals surface area contributed by atoms with Crippen LogP contribution in [-0.2, 0) is 20.8 Å². The first-order valence-corrected chi connectivity index (χ1v) is 7.86. The molecule has 1 rings (SSSR count). The van der Waals surface area contributed by atoms with E-state index in [1.54, 1.807) is 12.1 Å². The number of hydrogen-bond acceptors (Lipinski definition) is 4. The van der Waals surface area contributed by atoms with Crippen LogP contribution < -0.4 is 10.1 Å². The number of rotatable bonds is 9. The van der Waals surface area contributed by atoms with Crippen molar-refractivity contribution in [1.82, 2.24) is 10.2 Å². The number of methoxy groups -OCH3 is 1. The molecule has 0 aliphatic carbocycles. The number of halogens is 1. The molecule has 138 valence electrons. The third-order valence-corrected chi connectivity index (χ3v) is 3.74. The van der Waals surface area contributed by atoms with Crippen LogP contribution in [0, 0.1) is 5.82 Å². The first-order valence-electron chi connectivity index (χ1n) is 7.86. The Hall–Kier alpha value is -2.64. The van der Waals surface area contributed by atoms with E-state index < -0.39 is 23.7 Å². The van der Waals surface area contributed by atoms with Crippen LogP contribution in [0.3, 0.4) is 0 Å². The van der Waals surface area contributed by atoms with E-state index in [-0.39, 0.29) is 37.6 Å². The molecule has 0 aliphatic heterocycles. The Morgan fingerprint density at radius 2 is 2.04 bits per heavy atom. The van der Waals surface area contributed by atoms with Crippen LogP contribution in [-0.4, -0.2) is 54.0 Å². The molecular formula is C17H23FN2O5. The molecule has 1 aromatic carbocycles. The molecule has 0 fully saturated rings. The average Bonchev–Trinajstić information content (AvgIpc) is 2.56. The van der Waals surface area contributed by atoms with Gasteiger partial charge in [0.2, 0.25) is 11.8 Å². The highest BCUT2D eigenvalue weighted by Crippen LogP contribution is 2.21. The summed E-state index contributed by atoms with van der Waals surface area (Å²) in [6, 6.07) is 3.60. The smallest absolute Gasteiger partial charge is 0.326 e. The summed E-state index contributed by atoms with van der Waals surface area (Å²) in [7, 11) is 1.35. The molecule has 7 nitrogen and oxygen atoms in total. The zero-order chi connectivity index (χ0) is 19.0. The van der Waals surface area contributed by atoms with Gasteiger partial charge in [-0.05, 0) is 25.0 Å². The highest BCUT2D eigenvalue weighted by atomic mass is 19.1. The summed E-state index contributed by atoms with van der Waals surface area (Å²) < 4.78 is 19.0. The molecule has 0 aliphatic rings. The van der Waals surface area contributed by atoms with E-state index in [4.69, 9.17) is 9.84 Å². The number of carboxylic acids is 1. The molecule has 1 aromatic rings. The highest BCUT2D eigenvalue weighted by Gasteiger charge is 2.25. The molecule has 1 unspecified atom stereocenters. The second-order valence-electron chi connectivity index (χ2n) is 5.52. The summed E-state index contributed by atoms with van der Waals surface area (Å²) >= 11 is 0. The number of aryl methyl sites for hydroxylation is 1. The molecule has 0 saturated heterocycles. The predicted octanol–water partition coefficient (Wildman–Crippen LogP) is 1.20. The lowest BCUT2D eigenvalue weighted by atomic mass is 10.1. The maximum Gasteiger partial charge on any atom is 0.326 e. The molecule has 0 heterocycles. The predicted molar refractivity (Wildman–Crippen MR) is 88.8 cm³/mol. The molecule has 1 atom stereocenters. The lowest BCUT2D eigenvalue weighted by molar-refractivity contribution is -0.149. The number of aliphatic carboxylic acids is 1. The van der Waals surface area contributed by atoms with Crippen LogP contribution in [0.15, 0.2) is 18.2 Å². The maximum absolute atomic E-state index is 14.1. The van der Waals surface area contributed by atoms with Crippen LogP contribution in [0.25, 0.3) is 0 Å². The van der Waals surface area contributed by atoms with Crippen LogP contribution in [0.5, 0.6) is 5.75 Å². The van der Waals surface area contributed by atoms with E-state index in [0.717, 1.165) is 4.90 Å². The zero-order valence-corrected chi connectivity index (χ0v) is 14.5. The molecule has 0 spiro atoms. The first kappa shape index (κ1) is 20.4. The van der Waals surface area contributed by atoms with E-state index in [1.807, 2.05) is 0 Å². The van der Waals surface area contributed by atoms with E-state index in [0.29, 0.717) is 5.56 Å². The van der Waals surface area contributed by atoms with Gasteiger partial charge in [-0.3, -0.25) is 9.59 Å². The number of carboxylic acid groups (broad SMARTS) is 1. The quantitative estimate of drug-likeness (QED) is 0.695. The van der Waals surface area contributed by atoms with E-state index in [1.165, 1.54) is 27.0 Å². The summed E-state index contributed by atoms with van der Waals surface area (Å²) in [5, 5.41) is 11.7. The number of carbonyl (C=O) groups is 3. The highest BCUT2D eigenvalue weighted by molar-refractivity contribution is 5.83. The number of benzene rings is 1. The van der Waals surface area contributed by atoms with Crippen molar-refractivity contribution in [3.8, 4) is 5.75 Å². The molecule has 25 heavy (non-hydrogen) atoms. The van der Waals surface area contributed by atoms with E-state index in [9.17, 15) is 18.8 Å². The normalized spacial score (nSPS) is 11.5. The lowest BCUT2D eigenvalue weighted by Gasteiger charge is -2.26. The van der Waals surface area contributed by atoms with Gasteiger partial charge >= 0.3 is 5.97 Å². The minimum atomic E-state index is -1.15. The zero-order valence-electron chi connectivity index (χ0n) is 14.5. The third kappa shape index (κ3) is 6.06. The number of carbonyl (C=O) groups excluding carboxylic acids is 2. The van der Waals surface area contributed by atoms with Crippen molar-refractivity contribution in [3.05, 3.63) is 29.6 Å². The molecule has 0 saturated carbocycles. The molecule has 0 aromatic heterocycles. The monoisotopic (exact) mass is 354 g/mol. The van der Waals surface area contributed by atoms with E-state index in [2.05, 4.69) is 5.32 Å². The lowest BCUT2D eigenvalue weighted by Crippen LogP contribution is -2.46. The van der Waals surface area contributed by atoms with Crippen molar-refractivity contribution < 1.29 is 28.6 Å². The van der Waals surface area contributed by atoms with Gasteiger partial charge < -0.3 is 20.1 Å². The fourth-order valence-electron chi connectivity index (χ4n) is 2.31. The van der Waals surface area contributed by atoms with Crippen molar-refractivity contribution >= 4 is 17.8 Å². The van der Waals surface area contributed by atoms with Gasteiger partial charge in [0, 0.05) is 26.4 Å². The van der Waals surface area contributed by atoms with Crippen LogP contribution >= 0.6 is 0 Å². The molecule has 2 N–H and O–H groups in total. The van der Waals surface area contributed by atoms with Gasteiger partial charge in [-0.15, -0.1) is 0 Å². The van der Waals surface area contributed by atoms with Gasteiger partial charge in [0.15, 0.2) is 11.6 Å². The molecular weight excluding hydrogens is 331 g/mol. The fourth-order valence-corrected chi connectivity index (χ4v) is 2.31. The second kappa shape index (κ2) is 9.61. The Balaban J connectivity index is 2.77. The minimum absolute atomic E-state index is 0.0538. The van der Waals surface area contributed by atoms with Crippen LogP contribution in [0.4, 0.5) is 4.39 Å². The Kier molecular flexibility index (Phi) is 7.84. The standard InChI is InChI=1S/C17H23FN2O5/c1-11(17(23)24)20(10-9-19-12(2)21)15(22)8-7-13-5-4-6-14(25-3)16(13)18/h4-6,11H,7-10H2,1-3H3,(H,19,21)(H,23,24). The Morgan fingerprint density at radius 1 is 1.36 bits per heavy atom. The number of nitrogens with one attached hydrogen (secondary N) is 1. The van der Waals surface area contributed by atoms with Gasteiger partial charge in [-0.25, -0.2) is 9.18 Å². The largest absolute Gasteiger partial charge is 0.494 e. The summed E-state index contributed by atoms with van der Waals surface area (Å²) in [5.74, 6) is -2.29. The van der Waals surface area contributed by atoms with Gasteiger partial charge in [0.1, 0.15) is 6.04 Å². The number of nitrogens with zero attached hydrogens (tertiary/aromatic N) is 1. The van der Waals surface area contributed by atoms with Crippen molar-refractivity contribution in [2.75, 3.05) is 20.2 Å². The van der Waals surface area contributed by atoms with Gasteiger partial charge in [0.25, 0.3) is 0 Å². The Bertz CT molecular complexity index is 635. The molecule has 0 bridgehead atoms. The van der Waals surface area contributed by atoms with Gasteiger partial charge in [-0.1, -0.05) is 12.1 Å². The SMILES string of the molecule is COc1cccc(CCC(=O)N(CCNC(C)=O)C(C)C(=O)O)c1F. The van der Waals surface area contributed by atoms with Crippen molar-refractivity contribution in [1.29, 1.82) is 0 Å². The summed E-state index contributed by atoms with van der Waals surface area (Å²) in [6.45, 7) is 2.93. The minimum Gasteiger partial charge on any atom is -0.494 e. The summed E-state index contributed by atoms with van der Waals surface area (Å²) in [5.41, 5.74) is 0.317. The summed E-state index contributed by atoms with van der Waals surface area (Å²) in [6.07, 6.45) is 0.0621. The van der Waals surface area contributed by atoms with E-state index >= 15 is 0 Å². The molecule has 2 amide bonds. The average molecular weight is 354 g/mol.